The van der Waals surface area contributed by atoms with Gasteiger partial charge in [0.05, 0.1) is 15.8 Å². The molecule has 0 aliphatic carbocycles. The molecule has 0 atom stereocenters. The highest BCUT2D eigenvalue weighted by Crippen LogP contribution is 2.29. The zero-order valence-corrected chi connectivity index (χ0v) is 15.3. The van der Waals surface area contributed by atoms with Crippen molar-refractivity contribution < 1.29 is 0 Å². The van der Waals surface area contributed by atoms with Crippen molar-refractivity contribution in [3.05, 3.63) is 72.7 Å². The van der Waals surface area contributed by atoms with E-state index in [9.17, 15) is 0 Å². The number of para-hydroxylation sites is 2. The lowest BCUT2D eigenvalue weighted by Gasteiger charge is -2.04. The van der Waals surface area contributed by atoms with Crippen molar-refractivity contribution >= 4 is 38.4 Å². The first-order chi connectivity index (χ1) is 13.4. The van der Waals surface area contributed by atoms with Crippen molar-refractivity contribution in [3.8, 4) is 10.6 Å². The first-order valence-electron chi connectivity index (χ1n) is 8.76. The maximum absolute atomic E-state index is 4.62. The maximum Gasteiger partial charge on any atom is 0.223 e. The van der Waals surface area contributed by atoms with Crippen LogP contribution >= 0.6 is 11.3 Å². The van der Waals surface area contributed by atoms with Crippen LogP contribution in [0.4, 0.5) is 5.95 Å². The third-order valence-corrected chi connectivity index (χ3v) is 5.54. The first-order valence-corrected chi connectivity index (χ1v) is 9.58. The molecule has 3 aromatic heterocycles. The maximum atomic E-state index is 4.62. The van der Waals surface area contributed by atoms with E-state index in [1.165, 1.54) is 10.9 Å². The summed E-state index contributed by atoms with van der Waals surface area (Å²) in [7, 11) is 0. The zero-order valence-electron chi connectivity index (χ0n) is 14.4. The molecule has 0 aliphatic heterocycles. The number of anilines is 1. The zero-order chi connectivity index (χ0) is 18.1. The van der Waals surface area contributed by atoms with E-state index < -0.39 is 0 Å². The highest BCUT2D eigenvalue weighted by Gasteiger charge is 2.08. The average Bonchev–Trinajstić information content (AvgIpc) is 3.33. The molecule has 2 aromatic carbocycles. The van der Waals surface area contributed by atoms with Gasteiger partial charge < -0.3 is 10.3 Å². The van der Waals surface area contributed by atoms with Crippen LogP contribution in [0.5, 0.6) is 0 Å². The number of nitrogens with one attached hydrogen (secondary N) is 2. The van der Waals surface area contributed by atoms with Crippen LogP contribution in [0.15, 0.2) is 60.9 Å². The van der Waals surface area contributed by atoms with E-state index in [1.807, 2.05) is 24.3 Å². The Morgan fingerprint density at radius 1 is 1.07 bits per heavy atom. The van der Waals surface area contributed by atoms with E-state index in [0.29, 0.717) is 5.95 Å². The number of fused-ring (bicyclic) bond motifs is 2. The SMILES string of the molecule is [c]1nc(NCCc2c[nH]c3ccccc23)ncc1-c1nc2ccccc2s1. The van der Waals surface area contributed by atoms with Crippen LogP contribution in [-0.4, -0.2) is 26.5 Å². The molecule has 2 N–H and O–H groups in total. The van der Waals surface area contributed by atoms with Crippen LogP contribution in [-0.2, 0) is 6.42 Å². The third kappa shape index (κ3) is 3.15. The van der Waals surface area contributed by atoms with Crippen molar-refractivity contribution in [2.24, 2.45) is 0 Å². The molecule has 3 heterocycles. The van der Waals surface area contributed by atoms with Gasteiger partial charge in [0.25, 0.3) is 0 Å². The number of nitrogens with zero attached hydrogens (tertiary/aromatic N) is 3. The molecule has 0 fully saturated rings. The molecule has 0 amide bonds. The smallest absolute Gasteiger partial charge is 0.223 e. The third-order valence-electron chi connectivity index (χ3n) is 4.47. The Kier molecular flexibility index (Phi) is 4.03. The number of aromatic amines is 1. The predicted octanol–water partition coefficient (Wildman–Crippen LogP) is 4.69. The lowest BCUT2D eigenvalue weighted by atomic mass is 10.1. The molecule has 27 heavy (non-hydrogen) atoms. The van der Waals surface area contributed by atoms with E-state index in [1.54, 1.807) is 17.5 Å². The van der Waals surface area contributed by atoms with Gasteiger partial charge in [-0.2, -0.15) is 0 Å². The van der Waals surface area contributed by atoms with Gasteiger partial charge in [0.1, 0.15) is 11.2 Å². The van der Waals surface area contributed by atoms with Gasteiger partial charge in [0, 0.05) is 29.8 Å². The van der Waals surface area contributed by atoms with E-state index >= 15 is 0 Å². The Balaban J connectivity index is 1.26. The molecule has 131 valence electrons. The van der Waals surface area contributed by atoms with Gasteiger partial charge in [0.15, 0.2) is 0 Å². The summed E-state index contributed by atoms with van der Waals surface area (Å²) in [5.41, 5.74) is 4.26. The molecule has 0 bridgehead atoms. The summed E-state index contributed by atoms with van der Waals surface area (Å²) < 4.78 is 1.15. The second-order valence-corrected chi connectivity index (χ2v) is 7.27. The number of H-pyrrole nitrogens is 1. The molecule has 0 spiro atoms. The summed E-state index contributed by atoms with van der Waals surface area (Å²) in [6.45, 7) is 0.760. The number of benzene rings is 2. The molecule has 5 aromatic rings. The second kappa shape index (κ2) is 6.81. The molecule has 0 saturated carbocycles. The molecule has 0 saturated heterocycles. The van der Waals surface area contributed by atoms with Gasteiger partial charge in [-0.1, -0.05) is 30.3 Å². The Morgan fingerprint density at radius 2 is 1.96 bits per heavy atom. The molecule has 6 heteroatoms. The number of thiazole rings is 1. The second-order valence-electron chi connectivity index (χ2n) is 6.24. The summed E-state index contributed by atoms with van der Waals surface area (Å²) in [6.07, 6.45) is 7.79. The lowest BCUT2D eigenvalue weighted by molar-refractivity contribution is 0.989. The fourth-order valence-electron chi connectivity index (χ4n) is 3.12. The van der Waals surface area contributed by atoms with E-state index in [0.717, 1.165) is 39.3 Å². The van der Waals surface area contributed by atoms with Gasteiger partial charge in [-0.25, -0.2) is 15.0 Å². The quantitative estimate of drug-likeness (QED) is 0.471. The highest BCUT2D eigenvalue weighted by molar-refractivity contribution is 7.21. The van der Waals surface area contributed by atoms with Crippen LogP contribution in [0.2, 0.25) is 0 Å². The van der Waals surface area contributed by atoms with Crippen molar-refractivity contribution in [1.29, 1.82) is 0 Å². The molecular weight excluding hydrogens is 354 g/mol. The van der Waals surface area contributed by atoms with Crippen LogP contribution in [0.1, 0.15) is 5.56 Å². The monoisotopic (exact) mass is 370 g/mol. The lowest BCUT2D eigenvalue weighted by Crippen LogP contribution is -2.07. The van der Waals surface area contributed by atoms with Crippen LogP contribution in [0, 0.1) is 6.20 Å². The minimum Gasteiger partial charge on any atom is -0.361 e. The molecular formula is C21H16N5S. The van der Waals surface area contributed by atoms with E-state index in [2.05, 4.69) is 61.9 Å². The summed E-state index contributed by atoms with van der Waals surface area (Å²) in [5.74, 6) is 0.583. The topological polar surface area (TPSA) is 66.5 Å². The van der Waals surface area contributed by atoms with E-state index in [-0.39, 0.29) is 0 Å². The number of aromatic nitrogens is 4. The molecule has 5 nitrogen and oxygen atoms in total. The summed E-state index contributed by atoms with van der Waals surface area (Å²) >= 11 is 1.63. The average molecular weight is 370 g/mol. The number of hydrogen-bond donors (Lipinski definition) is 2. The Labute approximate surface area is 160 Å². The first kappa shape index (κ1) is 16.0. The summed E-state index contributed by atoms with van der Waals surface area (Å²) in [6, 6.07) is 16.4. The van der Waals surface area contributed by atoms with Gasteiger partial charge in [0.2, 0.25) is 5.95 Å². The largest absolute Gasteiger partial charge is 0.361 e. The van der Waals surface area contributed by atoms with Crippen molar-refractivity contribution in [1.82, 2.24) is 19.9 Å². The fourth-order valence-corrected chi connectivity index (χ4v) is 4.05. The van der Waals surface area contributed by atoms with Gasteiger partial charge >= 0.3 is 0 Å². The number of rotatable bonds is 5. The minimum absolute atomic E-state index is 0.583. The van der Waals surface area contributed by atoms with Gasteiger partial charge in [-0.3, -0.25) is 0 Å². The predicted molar refractivity (Wildman–Crippen MR) is 110 cm³/mol. The molecule has 5 rings (SSSR count). The Hall–Kier alpha value is -3.25. The van der Waals surface area contributed by atoms with Crippen molar-refractivity contribution in [2.75, 3.05) is 11.9 Å². The Bertz CT molecular complexity index is 1170. The molecule has 1 radical (unpaired) electrons. The highest BCUT2D eigenvalue weighted by atomic mass is 32.1. The van der Waals surface area contributed by atoms with Crippen LogP contribution < -0.4 is 5.32 Å². The molecule has 0 aliphatic rings. The minimum atomic E-state index is 0.583. The van der Waals surface area contributed by atoms with Gasteiger partial charge in [-0.05, 0) is 30.2 Å². The van der Waals surface area contributed by atoms with Crippen LogP contribution in [0.25, 0.3) is 31.7 Å². The summed E-state index contributed by atoms with van der Waals surface area (Å²) in [5, 5.41) is 5.42. The summed E-state index contributed by atoms with van der Waals surface area (Å²) in [4.78, 5) is 16.7. The normalized spacial score (nSPS) is 11.3. The fraction of sp³-hybridized carbons (Fsp3) is 0.0952. The van der Waals surface area contributed by atoms with Crippen molar-refractivity contribution in [2.45, 2.75) is 6.42 Å². The van der Waals surface area contributed by atoms with E-state index in [4.69, 9.17) is 0 Å². The van der Waals surface area contributed by atoms with Crippen molar-refractivity contribution in [3.63, 3.8) is 0 Å². The van der Waals surface area contributed by atoms with Gasteiger partial charge in [-0.15, -0.1) is 11.3 Å². The van der Waals surface area contributed by atoms with Crippen LogP contribution in [0.3, 0.4) is 0 Å². The number of hydrogen-bond acceptors (Lipinski definition) is 5. The standard InChI is InChI=1S/C21H16N5S/c1-2-6-17-16(5-1)14(11-23-17)9-10-22-21-24-12-15(13-25-21)20-26-18-7-3-4-8-19(18)27-20/h1-8,11-12,23H,9-10H2,(H,22,24,25). The Morgan fingerprint density at radius 3 is 2.85 bits per heavy atom. The molecule has 0 unspecified atom stereocenters.